The molecule has 2 aliphatic carbocycles. The number of hydrogen-bond acceptors (Lipinski definition) is 7. The number of piperidine rings is 1. The molecule has 9 heteroatoms. The van der Waals surface area contributed by atoms with Crippen LogP contribution in [0.25, 0.3) is 0 Å². The van der Waals surface area contributed by atoms with E-state index in [0.717, 1.165) is 37.1 Å². The number of carbonyl (C=O) groups is 2. The van der Waals surface area contributed by atoms with Gasteiger partial charge in [-0.25, -0.2) is 4.98 Å². The van der Waals surface area contributed by atoms with Crippen molar-refractivity contribution < 1.29 is 24.5 Å². The van der Waals surface area contributed by atoms with Gasteiger partial charge in [0.05, 0.1) is 25.4 Å². The number of hydrogen-bond donors (Lipinski definition) is 4. The van der Waals surface area contributed by atoms with Gasteiger partial charge in [-0.3, -0.25) is 9.59 Å². The largest absolute Gasteiger partial charge is 0.496 e. The summed E-state index contributed by atoms with van der Waals surface area (Å²) in [5.41, 5.74) is 2.13. The van der Waals surface area contributed by atoms with E-state index < -0.39 is 12.7 Å². The van der Waals surface area contributed by atoms with Crippen LogP contribution in [-0.2, 0) is 0 Å². The summed E-state index contributed by atoms with van der Waals surface area (Å²) < 4.78 is 5.36. The number of pyridine rings is 1. The van der Waals surface area contributed by atoms with Crippen molar-refractivity contribution in [2.24, 2.45) is 5.41 Å². The molecule has 3 fully saturated rings. The van der Waals surface area contributed by atoms with Crippen molar-refractivity contribution >= 4 is 17.6 Å². The molecule has 5 unspecified atom stereocenters. The standard InChI is InChI=1S/C26H32N4O5/c1-15-19(4-3-5-20(15)35-2)25(34)29-17-10-22-26(11-17)9-8-21(26)30(22)23-7-6-16(12-27-23)24(33)28-13-18(32)14-31/h3-7,12,17-18,21-22,31-32H,8-11,13-14H2,1-2H3,(H,28,33)(H,29,34). The van der Waals surface area contributed by atoms with Gasteiger partial charge in [0.25, 0.3) is 11.8 Å². The highest BCUT2D eigenvalue weighted by molar-refractivity contribution is 5.96. The first kappa shape index (κ1) is 23.6. The number of carbonyl (C=O) groups excluding carboxylic acids is 2. The fraction of sp³-hybridized carbons (Fsp3) is 0.500. The van der Waals surface area contributed by atoms with Gasteiger partial charge in [0.15, 0.2) is 0 Å². The van der Waals surface area contributed by atoms with E-state index in [1.54, 1.807) is 19.4 Å². The van der Waals surface area contributed by atoms with E-state index in [1.165, 1.54) is 0 Å². The Labute approximate surface area is 204 Å². The second kappa shape index (κ2) is 9.13. The van der Waals surface area contributed by atoms with Gasteiger partial charge in [-0.15, -0.1) is 0 Å². The van der Waals surface area contributed by atoms with Crippen LogP contribution in [0, 0.1) is 12.3 Å². The van der Waals surface area contributed by atoms with E-state index in [0.29, 0.717) is 29.0 Å². The highest BCUT2D eigenvalue weighted by Crippen LogP contribution is 2.65. The van der Waals surface area contributed by atoms with E-state index in [-0.39, 0.29) is 29.8 Å². The Balaban J connectivity index is 1.24. The number of benzene rings is 1. The van der Waals surface area contributed by atoms with Crippen molar-refractivity contribution in [3.05, 3.63) is 53.2 Å². The third-order valence-corrected chi connectivity index (χ3v) is 8.08. The second-order valence-corrected chi connectivity index (χ2v) is 9.91. The normalized spacial score (nSPS) is 27.1. The lowest BCUT2D eigenvalue weighted by Crippen LogP contribution is -2.75. The summed E-state index contributed by atoms with van der Waals surface area (Å²) >= 11 is 0. The van der Waals surface area contributed by atoms with Crippen LogP contribution in [0.15, 0.2) is 36.5 Å². The molecule has 9 nitrogen and oxygen atoms in total. The summed E-state index contributed by atoms with van der Waals surface area (Å²) in [5, 5.41) is 24.1. The Kier molecular flexibility index (Phi) is 6.14. The molecule has 1 saturated heterocycles. The molecular weight excluding hydrogens is 448 g/mol. The number of amides is 2. The molecule has 2 saturated carbocycles. The monoisotopic (exact) mass is 480 g/mol. The Morgan fingerprint density at radius 2 is 2.09 bits per heavy atom. The van der Waals surface area contributed by atoms with Gasteiger partial charge in [-0.05, 0) is 56.9 Å². The summed E-state index contributed by atoms with van der Waals surface area (Å²) in [5.74, 6) is 1.15. The molecule has 3 aliphatic rings. The molecule has 5 rings (SSSR count). The van der Waals surface area contributed by atoms with E-state index in [2.05, 4.69) is 20.5 Å². The number of aromatic nitrogens is 1. The zero-order valence-corrected chi connectivity index (χ0v) is 20.0. The van der Waals surface area contributed by atoms with E-state index in [4.69, 9.17) is 9.84 Å². The maximum Gasteiger partial charge on any atom is 0.252 e. The van der Waals surface area contributed by atoms with Gasteiger partial charge >= 0.3 is 0 Å². The summed E-state index contributed by atoms with van der Waals surface area (Å²) in [6.45, 7) is 1.48. The molecule has 1 aromatic carbocycles. The summed E-state index contributed by atoms with van der Waals surface area (Å²) in [4.78, 5) is 32.2. The molecule has 1 aromatic heterocycles. The maximum atomic E-state index is 13.0. The van der Waals surface area contributed by atoms with E-state index >= 15 is 0 Å². The van der Waals surface area contributed by atoms with Crippen molar-refractivity contribution in [1.29, 1.82) is 0 Å². The molecule has 1 aliphatic heterocycles. The van der Waals surface area contributed by atoms with Crippen LogP contribution < -0.4 is 20.3 Å². The summed E-state index contributed by atoms with van der Waals surface area (Å²) in [6, 6.07) is 9.98. The van der Waals surface area contributed by atoms with Crippen molar-refractivity contribution in [3.63, 3.8) is 0 Å². The van der Waals surface area contributed by atoms with Gasteiger partial charge in [-0.2, -0.15) is 0 Å². The lowest BCUT2D eigenvalue weighted by Gasteiger charge is -2.68. The van der Waals surface area contributed by atoms with Crippen molar-refractivity contribution in [2.75, 3.05) is 25.2 Å². The quantitative estimate of drug-likeness (QED) is 0.450. The minimum atomic E-state index is -0.984. The van der Waals surface area contributed by atoms with Gasteiger partial charge in [0, 0.05) is 47.4 Å². The van der Waals surface area contributed by atoms with Gasteiger partial charge in [0.1, 0.15) is 11.6 Å². The van der Waals surface area contributed by atoms with Crippen LogP contribution in [0.2, 0.25) is 0 Å². The SMILES string of the molecule is COc1cccc(C(=O)NC2CC3N(c4ccc(C(=O)NCC(O)CO)cn4)C4CCC43C2)c1C. The first-order valence-electron chi connectivity index (χ1n) is 12.1. The molecular formula is C26H32N4O5. The van der Waals surface area contributed by atoms with Gasteiger partial charge in [-0.1, -0.05) is 6.07 Å². The smallest absolute Gasteiger partial charge is 0.252 e. The van der Waals surface area contributed by atoms with Crippen LogP contribution in [0.3, 0.4) is 0 Å². The number of aliphatic hydroxyl groups is 2. The molecule has 2 aromatic rings. The lowest BCUT2D eigenvalue weighted by atomic mass is 9.53. The number of aliphatic hydroxyl groups excluding tert-OH is 2. The van der Waals surface area contributed by atoms with Crippen LogP contribution in [0.1, 0.15) is 52.0 Å². The van der Waals surface area contributed by atoms with E-state index in [1.807, 2.05) is 31.2 Å². The number of rotatable bonds is 8. The fourth-order valence-electron chi connectivity index (χ4n) is 6.22. The Bertz CT molecular complexity index is 1120. The first-order chi connectivity index (χ1) is 16.9. The predicted octanol–water partition coefficient (Wildman–Crippen LogP) is 1.41. The van der Waals surface area contributed by atoms with Crippen molar-refractivity contribution in [3.8, 4) is 5.75 Å². The number of methoxy groups -OCH3 is 1. The van der Waals surface area contributed by atoms with Crippen molar-refractivity contribution in [1.82, 2.24) is 15.6 Å². The summed E-state index contributed by atoms with van der Waals surface area (Å²) in [7, 11) is 1.61. The van der Waals surface area contributed by atoms with Crippen LogP contribution in [0.4, 0.5) is 5.82 Å². The Hall–Kier alpha value is -3.17. The number of anilines is 1. The number of nitrogens with one attached hydrogen (secondary N) is 2. The van der Waals surface area contributed by atoms with Gasteiger partial charge in [0.2, 0.25) is 0 Å². The average Bonchev–Trinajstić information content (AvgIpc) is 3.23. The van der Waals surface area contributed by atoms with E-state index in [9.17, 15) is 14.7 Å². The predicted molar refractivity (Wildman–Crippen MR) is 130 cm³/mol. The molecule has 1 spiro atoms. The average molecular weight is 481 g/mol. The Morgan fingerprint density at radius 3 is 2.74 bits per heavy atom. The molecule has 4 N–H and O–H groups in total. The zero-order chi connectivity index (χ0) is 24.7. The summed E-state index contributed by atoms with van der Waals surface area (Å²) in [6.07, 6.45) is 4.68. The third-order valence-electron chi connectivity index (χ3n) is 8.08. The minimum absolute atomic E-state index is 0.0156. The zero-order valence-electron chi connectivity index (χ0n) is 20.0. The molecule has 5 atom stereocenters. The van der Waals surface area contributed by atoms with Crippen molar-refractivity contribution in [2.45, 2.75) is 56.8 Å². The molecule has 0 bridgehead atoms. The first-order valence-corrected chi connectivity index (χ1v) is 12.1. The Morgan fingerprint density at radius 1 is 1.26 bits per heavy atom. The lowest BCUT2D eigenvalue weighted by molar-refractivity contribution is -0.0172. The molecule has 186 valence electrons. The third kappa shape index (κ3) is 3.92. The van der Waals surface area contributed by atoms with Crippen LogP contribution >= 0.6 is 0 Å². The minimum Gasteiger partial charge on any atom is -0.496 e. The highest BCUT2D eigenvalue weighted by Gasteiger charge is 2.69. The number of ether oxygens (including phenoxy) is 1. The number of nitrogens with zero attached hydrogens (tertiary/aromatic N) is 2. The maximum absolute atomic E-state index is 13.0. The molecule has 0 radical (unpaired) electrons. The van der Waals surface area contributed by atoms with Gasteiger partial charge < -0.3 is 30.5 Å². The molecule has 35 heavy (non-hydrogen) atoms. The fourth-order valence-corrected chi connectivity index (χ4v) is 6.22. The second-order valence-electron chi connectivity index (χ2n) is 9.91. The highest BCUT2D eigenvalue weighted by atomic mass is 16.5. The van der Waals surface area contributed by atoms with Crippen LogP contribution in [-0.4, -0.2) is 71.5 Å². The topological polar surface area (TPSA) is 124 Å². The molecule has 2 amide bonds. The molecule has 2 heterocycles. The van der Waals surface area contributed by atoms with Crippen LogP contribution in [0.5, 0.6) is 5.75 Å².